The van der Waals surface area contributed by atoms with Crippen molar-refractivity contribution < 1.29 is 14.3 Å². The molecule has 1 N–H and O–H groups in total. The predicted octanol–water partition coefficient (Wildman–Crippen LogP) is 3.74. The fourth-order valence-electron chi connectivity index (χ4n) is 2.52. The average Bonchev–Trinajstić information content (AvgIpc) is 2.59. The van der Waals surface area contributed by atoms with Gasteiger partial charge in [0.25, 0.3) is 5.91 Å². The average molecular weight is 333 g/mol. The van der Waals surface area contributed by atoms with E-state index >= 15 is 0 Å². The van der Waals surface area contributed by atoms with Crippen LogP contribution in [0, 0.1) is 5.82 Å². The summed E-state index contributed by atoms with van der Waals surface area (Å²) >= 11 is 1.27. The minimum absolute atomic E-state index is 0.0172. The van der Waals surface area contributed by atoms with Gasteiger partial charge in [-0.1, -0.05) is 30.3 Å². The van der Waals surface area contributed by atoms with Crippen molar-refractivity contribution in [3.63, 3.8) is 0 Å². The van der Waals surface area contributed by atoms with Crippen LogP contribution in [0.5, 0.6) is 0 Å². The van der Waals surface area contributed by atoms with Gasteiger partial charge in [0.15, 0.2) is 0 Å². The highest BCUT2D eigenvalue weighted by Gasteiger charge is 2.23. The first-order valence-electron chi connectivity index (χ1n) is 7.35. The number of benzene rings is 2. The maximum absolute atomic E-state index is 13.6. The highest BCUT2D eigenvalue weighted by molar-refractivity contribution is 7.98. The second kappa shape index (κ2) is 8.13. The highest BCUT2D eigenvalue weighted by atomic mass is 32.2. The summed E-state index contributed by atoms with van der Waals surface area (Å²) < 4.78 is 13.6. The number of hydrogen-bond acceptors (Lipinski definition) is 3. The Bertz CT molecular complexity index is 663. The van der Waals surface area contributed by atoms with Crippen molar-refractivity contribution in [2.75, 3.05) is 19.9 Å². The lowest BCUT2D eigenvalue weighted by atomic mass is 10.0. The molecule has 2 rings (SSSR count). The van der Waals surface area contributed by atoms with Crippen LogP contribution in [-0.2, 0) is 0 Å². The monoisotopic (exact) mass is 333 g/mol. The first-order chi connectivity index (χ1) is 11.1. The number of aliphatic hydroxyl groups is 1. The van der Waals surface area contributed by atoms with Crippen LogP contribution in [0.25, 0.3) is 0 Å². The standard InChI is InChI=1S/C18H20FNO2S/c1-20(16(10-11-21)13-6-4-3-5-7-13)18(22)14-8-9-15(19)17(12-14)23-2/h3-9,12,16,21H,10-11H2,1-2H3. The summed E-state index contributed by atoms with van der Waals surface area (Å²) in [6, 6.07) is 13.7. The highest BCUT2D eigenvalue weighted by Crippen LogP contribution is 2.26. The fourth-order valence-corrected chi connectivity index (χ4v) is 3.03. The van der Waals surface area contributed by atoms with Crippen LogP contribution in [-0.4, -0.2) is 35.8 Å². The molecule has 5 heteroatoms. The third-order valence-electron chi connectivity index (χ3n) is 3.77. The van der Waals surface area contributed by atoms with Gasteiger partial charge < -0.3 is 10.0 Å². The van der Waals surface area contributed by atoms with Crippen LogP contribution in [0.1, 0.15) is 28.4 Å². The van der Waals surface area contributed by atoms with Gasteiger partial charge in [-0.25, -0.2) is 4.39 Å². The van der Waals surface area contributed by atoms with Gasteiger partial charge in [-0.2, -0.15) is 0 Å². The molecular formula is C18H20FNO2S. The summed E-state index contributed by atoms with van der Waals surface area (Å²) in [7, 11) is 1.71. The molecule has 0 bridgehead atoms. The van der Waals surface area contributed by atoms with Crippen molar-refractivity contribution in [1.29, 1.82) is 0 Å². The van der Waals surface area contributed by atoms with Gasteiger partial charge in [-0.05, 0) is 36.4 Å². The third kappa shape index (κ3) is 4.12. The molecule has 1 unspecified atom stereocenters. The number of amides is 1. The van der Waals surface area contributed by atoms with Gasteiger partial charge in [-0.15, -0.1) is 11.8 Å². The van der Waals surface area contributed by atoms with E-state index in [9.17, 15) is 14.3 Å². The Kier molecular flexibility index (Phi) is 6.19. The smallest absolute Gasteiger partial charge is 0.254 e. The number of thioether (sulfide) groups is 1. The lowest BCUT2D eigenvalue weighted by molar-refractivity contribution is 0.0705. The van der Waals surface area contributed by atoms with Crippen molar-refractivity contribution in [2.24, 2.45) is 0 Å². The number of nitrogens with zero attached hydrogens (tertiary/aromatic N) is 1. The van der Waals surface area contributed by atoms with E-state index in [4.69, 9.17) is 0 Å². The van der Waals surface area contributed by atoms with Crippen molar-refractivity contribution in [1.82, 2.24) is 4.90 Å². The molecule has 0 spiro atoms. The van der Waals surface area contributed by atoms with E-state index in [1.165, 1.54) is 23.9 Å². The quantitative estimate of drug-likeness (QED) is 0.819. The Labute approximate surface area is 140 Å². The molecule has 0 aliphatic carbocycles. The number of carbonyl (C=O) groups is 1. The van der Waals surface area contributed by atoms with Gasteiger partial charge in [0.05, 0.1) is 6.04 Å². The van der Waals surface area contributed by atoms with Crippen LogP contribution in [0.4, 0.5) is 4.39 Å². The number of hydrogen-bond donors (Lipinski definition) is 1. The molecule has 1 amide bonds. The Balaban J connectivity index is 2.29. The van der Waals surface area contributed by atoms with Crippen LogP contribution in [0.15, 0.2) is 53.4 Å². The zero-order valence-electron chi connectivity index (χ0n) is 13.2. The Morgan fingerprint density at radius 3 is 2.57 bits per heavy atom. The van der Waals surface area contributed by atoms with E-state index in [1.54, 1.807) is 24.3 Å². The first-order valence-corrected chi connectivity index (χ1v) is 8.57. The van der Waals surface area contributed by atoms with E-state index in [0.717, 1.165) is 5.56 Å². The Morgan fingerprint density at radius 1 is 1.26 bits per heavy atom. The van der Waals surface area contributed by atoms with Gasteiger partial charge >= 0.3 is 0 Å². The summed E-state index contributed by atoms with van der Waals surface area (Å²) in [5, 5.41) is 9.33. The predicted molar refractivity (Wildman–Crippen MR) is 91.2 cm³/mol. The molecule has 122 valence electrons. The summed E-state index contributed by atoms with van der Waals surface area (Å²) in [4.78, 5) is 14.8. The molecule has 0 aliphatic heterocycles. The normalized spacial score (nSPS) is 12.0. The molecule has 2 aromatic carbocycles. The molecule has 0 fully saturated rings. The number of rotatable bonds is 6. The van der Waals surface area contributed by atoms with Crippen molar-refractivity contribution in [3.8, 4) is 0 Å². The molecule has 0 saturated heterocycles. The zero-order chi connectivity index (χ0) is 16.8. The van der Waals surface area contributed by atoms with Gasteiger partial charge in [0.1, 0.15) is 5.82 Å². The fraction of sp³-hybridized carbons (Fsp3) is 0.278. The van der Waals surface area contributed by atoms with Crippen LogP contribution in [0.2, 0.25) is 0 Å². The molecular weight excluding hydrogens is 313 g/mol. The van der Waals surface area contributed by atoms with E-state index in [2.05, 4.69) is 0 Å². The largest absolute Gasteiger partial charge is 0.396 e. The number of aliphatic hydroxyl groups excluding tert-OH is 1. The van der Waals surface area contributed by atoms with E-state index < -0.39 is 0 Å². The minimum atomic E-state index is -0.327. The third-order valence-corrected chi connectivity index (χ3v) is 4.53. The van der Waals surface area contributed by atoms with Gasteiger partial charge in [0, 0.05) is 24.1 Å². The van der Waals surface area contributed by atoms with Gasteiger partial charge in [0.2, 0.25) is 0 Å². The SMILES string of the molecule is CSc1cc(C(=O)N(C)C(CCO)c2ccccc2)ccc1F. The van der Waals surface area contributed by atoms with Crippen LogP contribution < -0.4 is 0 Å². The summed E-state index contributed by atoms with van der Waals surface area (Å²) in [5.74, 6) is -0.519. The second-order valence-corrected chi connectivity index (χ2v) is 6.05. The number of carbonyl (C=O) groups excluding carboxylic acids is 1. The molecule has 0 aliphatic rings. The Hall–Kier alpha value is -1.85. The minimum Gasteiger partial charge on any atom is -0.396 e. The summed E-state index contributed by atoms with van der Waals surface area (Å²) in [6.07, 6.45) is 2.22. The zero-order valence-corrected chi connectivity index (χ0v) is 14.0. The van der Waals surface area contributed by atoms with E-state index in [1.807, 2.05) is 30.3 Å². The summed E-state index contributed by atoms with van der Waals surface area (Å²) in [5.41, 5.74) is 1.40. The van der Waals surface area contributed by atoms with Crippen LogP contribution in [0.3, 0.4) is 0 Å². The van der Waals surface area contributed by atoms with E-state index in [0.29, 0.717) is 16.9 Å². The van der Waals surface area contributed by atoms with E-state index in [-0.39, 0.29) is 24.4 Å². The summed E-state index contributed by atoms with van der Waals surface area (Å²) in [6.45, 7) is -0.0172. The molecule has 0 radical (unpaired) electrons. The van der Waals surface area contributed by atoms with Crippen molar-refractivity contribution >= 4 is 17.7 Å². The lowest BCUT2D eigenvalue weighted by Gasteiger charge is -2.28. The molecule has 23 heavy (non-hydrogen) atoms. The molecule has 0 heterocycles. The molecule has 3 nitrogen and oxygen atoms in total. The topological polar surface area (TPSA) is 40.5 Å². The molecule has 1 atom stereocenters. The van der Waals surface area contributed by atoms with Gasteiger partial charge in [-0.3, -0.25) is 4.79 Å². The maximum Gasteiger partial charge on any atom is 0.254 e. The van der Waals surface area contributed by atoms with Crippen molar-refractivity contribution in [3.05, 3.63) is 65.5 Å². The molecule has 0 aromatic heterocycles. The maximum atomic E-state index is 13.6. The Morgan fingerprint density at radius 2 is 1.96 bits per heavy atom. The van der Waals surface area contributed by atoms with Crippen LogP contribution >= 0.6 is 11.8 Å². The molecule has 2 aromatic rings. The first kappa shape index (κ1) is 17.5. The molecule has 0 saturated carbocycles. The number of halogens is 1. The second-order valence-electron chi connectivity index (χ2n) is 5.20. The van der Waals surface area contributed by atoms with Crippen molar-refractivity contribution in [2.45, 2.75) is 17.4 Å². The lowest BCUT2D eigenvalue weighted by Crippen LogP contribution is -2.32.